The van der Waals surface area contributed by atoms with E-state index in [1.54, 1.807) is 23.1 Å². The van der Waals surface area contributed by atoms with Crippen molar-refractivity contribution in [3.8, 4) is 5.75 Å². The van der Waals surface area contributed by atoms with Crippen molar-refractivity contribution in [1.29, 1.82) is 0 Å². The number of hydrogen-bond acceptors (Lipinski definition) is 6. The summed E-state index contributed by atoms with van der Waals surface area (Å²) in [6, 6.07) is 5.09. The second-order valence-electron chi connectivity index (χ2n) is 5.15. The van der Waals surface area contributed by atoms with Crippen molar-refractivity contribution in [1.82, 2.24) is 15.1 Å². The summed E-state index contributed by atoms with van der Waals surface area (Å²) in [5.74, 6) is 1.80. The van der Waals surface area contributed by atoms with E-state index in [2.05, 4.69) is 10.2 Å². The van der Waals surface area contributed by atoms with Crippen molar-refractivity contribution in [3.05, 3.63) is 34.1 Å². The Bertz CT molecular complexity index is 726. The highest BCUT2D eigenvalue weighted by atomic mass is 35.5. The number of rotatable bonds is 7. The van der Waals surface area contributed by atoms with Gasteiger partial charge in [-0.1, -0.05) is 35.0 Å². The van der Waals surface area contributed by atoms with Gasteiger partial charge >= 0.3 is 0 Å². The van der Waals surface area contributed by atoms with E-state index in [4.69, 9.17) is 32.4 Å². The lowest BCUT2D eigenvalue weighted by molar-refractivity contribution is -0.128. The summed E-state index contributed by atoms with van der Waals surface area (Å²) in [4.78, 5) is 13.3. The van der Waals surface area contributed by atoms with E-state index in [1.807, 2.05) is 0 Å². The molecule has 0 radical (unpaired) electrons. The second-order valence-corrected chi connectivity index (χ2v) is 7.04. The standard InChI is InChI=1S/C15H15Cl2N3O3S/c16-10-3-4-12(11(17)8-10)22-6-7-24-15-19-18-13(23-15)9-20-5-1-2-14(20)21/h3-4,8H,1-2,5-7,9H2. The third kappa shape index (κ3) is 4.55. The predicted molar refractivity (Wildman–Crippen MR) is 91.6 cm³/mol. The van der Waals surface area contributed by atoms with Crippen LogP contribution in [-0.2, 0) is 11.3 Å². The summed E-state index contributed by atoms with van der Waals surface area (Å²) in [5, 5.41) is 9.43. The average Bonchev–Trinajstić information content (AvgIpc) is 3.16. The molecule has 0 bridgehead atoms. The van der Waals surface area contributed by atoms with Crippen LogP contribution < -0.4 is 4.74 Å². The van der Waals surface area contributed by atoms with Gasteiger partial charge in [0.25, 0.3) is 5.22 Å². The van der Waals surface area contributed by atoms with Crippen LogP contribution in [0.25, 0.3) is 0 Å². The van der Waals surface area contributed by atoms with Crippen molar-refractivity contribution >= 4 is 40.9 Å². The van der Waals surface area contributed by atoms with Gasteiger partial charge in [-0.25, -0.2) is 0 Å². The lowest BCUT2D eigenvalue weighted by Crippen LogP contribution is -2.23. The Kier molecular flexibility index (Phi) is 5.86. The average molecular weight is 388 g/mol. The first kappa shape index (κ1) is 17.4. The van der Waals surface area contributed by atoms with E-state index in [-0.39, 0.29) is 5.91 Å². The fourth-order valence-electron chi connectivity index (χ4n) is 2.27. The van der Waals surface area contributed by atoms with Crippen molar-refractivity contribution < 1.29 is 13.9 Å². The first-order valence-electron chi connectivity index (χ1n) is 7.42. The summed E-state index contributed by atoms with van der Waals surface area (Å²) >= 11 is 13.3. The second kappa shape index (κ2) is 8.09. The van der Waals surface area contributed by atoms with Crippen LogP contribution >= 0.6 is 35.0 Å². The summed E-state index contributed by atoms with van der Waals surface area (Å²) < 4.78 is 11.1. The van der Waals surface area contributed by atoms with Gasteiger partial charge < -0.3 is 14.1 Å². The molecule has 2 aromatic rings. The van der Waals surface area contributed by atoms with Gasteiger partial charge in [0, 0.05) is 23.7 Å². The minimum Gasteiger partial charge on any atom is -0.491 e. The molecule has 1 fully saturated rings. The van der Waals surface area contributed by atoms with Crippen molar-refractivity contribution in [2.75, 3.05) is 18.9 Å². The SMILES string of the molecule is O=C1CCCN1Cc1nnc(SCCOc2ccc(Cl)cc2Cl)o1. The molecule has 0 aliphatic carbocycles. The van der Waals surface area contributed by atoms with E-state index in [0.717, 1.165) is 13.0 Å². The maximum absolute atomic E-state index is 11.6. The number of aromatic nitrogens is 2. The Hall–Kier alpha value is -1.44. The molecule has 24 heavy (non-hydrogen) atoms. The smallest absolute Gasteiger partial charge is 0.276 e. The maximum Gasteiger partial charge on any atom is 0.276 e. The number of likely N-dealkylation sites (tertiary alicyclic amines) is 1. The third-order valence-corrected chi connectivity index (χ3v) is 4.72. The molecule has 1 aromatic heterocycles. The van der Waals surface area contributed by atoms with E-state index in [9.17, 15) is 4.79 Å². The molecule has 1 saturated heterocycles. The number of benzene rings is 1. The number of carbonyl (C=O) groups excluding carboxylic acids is 1. The molecule has 0 N–H and O–H groups in total. The van der Waals surface area contributed by atoms with Crippen LogP contribution in [-0.4, -0.2) is 39.9 Å². The van der Waals surface area contributed by atoms with Gasteiger partial charge in [0.1, 0.15) is 5.75 Å². The zero-order valence-electron chi connectivity index (χ0n) is 12.7. The molecule has 3 rings (SSSR count). The fourth-order valence-corrected chi connectivity index (χ4v) is 3.33. The molecular weight excluding hydrogens is 373 g/mol. The Morgan fingerprint density at radius 2 is 2.21 bits per heavy atom. The van der Waals surface area contributed by atoms with Gasteiger partial charge in [-0.3, -0.25) is 4.79 Å². The van der Waals surface area contributed by atoms with Crippen molar-refractivity contribution in [2.24, 2.45) is 0 Å². The number of amides is 1. The summed E-state index contributed by atoms with van der Waals surface area (Å²) in [5.41, 5.74) is 0. The lowest BCUT2D eigenvalue weighted by Gasteiger charge is -2.11. The molecular formula is C15H15Cl2N3O3S. The maximum atomic E-state index is 11.6. The first-order valence-corrected chi connectivity index (χ1v) is 9.17. The van der Waals surface area contributed by atoms with Gasteiger partial charge in [-0.15, -0.1) is 10.2 Å². The lowest BCUT2D eigenvalue weighted by atomic mass is 10.3. The van der Waals surface area contributed by atoms with Crippen LogP contribution in [0.4, 0.5) is 0 Å². The number of nitrogens with zero attached hydrogens (tertiary/aromatic N) is 3. The van der Waals surface area contributed by atoms with Crippen LogP contribution in [0.3, 0.4) is 0 Å². The molecule has 0 saturated carbocycles. The molecule has 1 aromatic carbocycles. The normalized spacial score (nSPS) is 14.4. The molecule has 1 amide bonds. The summed E-state index contributed by atoms with van der Waals surface area (Å²) in [6.07, 6.45) is 1.49. The van der Waals surface area contributed by atoms with Crippen LogP contribution in [0.2, 0.25) is 10.0 Å². The zero-order valence-corrected chi connectivity index (χ0v) is 15.0. The van der Waals surface area contributed by atoms with E-state index >= 15 is 0 Å². The number of hydrogen-bond donors (Lipinski definition) is 0. The van der Waals surface area contributed by atoms with Gasteiger partial charge in [0.2, 0.25) is 11.8 Å². The monoisotopic (exact) mass is 387 g/mol. The van der Waals surface area contributed by atoms with Gasteiger partial charge in [-0.05, 0) is 24.6 Å². The van der Waals surface area contributed by atoms with Crippen LogP contribution in [0.15, 0.2) is 27.8 Å². The molecule has 0 spiro atoms. The molecule has 128 valence electrons. The van der Waals surface area contributed by atoms with Gasteiger partial charge in [0.15, 0.2) is 0 Å². The molecule has 1 aliphatic rings. The summed E-state index contributed by atoms with van der Waals surface area (Å²) in [7, 11) is 0. The minimum atomic E-state index is 0.135. The summed E-state index contributed by atoms with van der Waals surface area (Å²) in [6.45, 7) is 1.57. The first-order chi connectivity index (χ1) is 11.6. The van der Waals surface area contributed by atoms with E-state index in [0.29, 0.717) is 52.2 Å². The minimum absolute atomic E-state index is 0.135. The van der Waals surface area contributed by atoms with Gasteiger partial charge in [-0.2, -0.15) is 0 Å². The van der Waals surface area contributed by atoms with Crippen molar-refractivity contribution in [3.63, 3.8) is 0 Å². The third-order valence-electron chi connectivity index (χ3n) is 3.41. The zero-order chi connectivity index (χ0) is 16.9. The van der Waals surface area contributed by atoms with E-state index < -0.39 is 0 Å². The highest BCUT2D eigenvalue weighted by Crippen LogP contribution is 2.28. The van der Waals surface area contributed by atoms with Crippen LogP contribution in [0, 0.1) is 0 Å². The molecule has 9 heteroatoms. The van der Waals surface area contributed by atoms with E-state index in [1.165, 1.54) is 11.8 Å². The van der Waals surface area contributed by atoms with Crippen molar-refractivity contribution in [2.45, 2.75) is 24.6 Å². The largest absolute Gasteiger partial charge is 0.491 e. The number of ether oxygens (including phenoxy) is 1. The Labute approximate surface area is 153 Å². The number of carbonyl (C=O) groups is 1. The number of halogens is 2. The Morgan fingerprint density at radius 1 is 1.33 bits per heavy atom. The highest BCUT2D eigenvalue weighted by molar-refractivity contribution is 7.99. The molecule has 0 atom stereocenters. The quantitative estimate of drug-likeness (QED) is 0.533. The Balaban J connectivity index is 1.43. The highest BCUT2D eigenvalue weighted by Gasteiger charge is 2.22. The Morgan fingerprint density at radius 3 is 2.96 bits per heavy atom. The topological polar surface area (TPSA) is 68.5 Å². The predicted octanol–water partition coefficient (Wildman–Crippen LogP) is 3.67. The van der Waals surface area contributed by atoms with Gasteiger partial charge in [0.05, 0.1) is 18.2 Å². The fraction of sp³-hybridized carbons (Fsp3) is 0.400. The van der Waals surface area contributed by atoms with Crippen LogP contribution in [0.1, 0.15) is 18.7 Å². The molecule has 2 heterocycles. The molecule has 1 aliphatic heterocycles. The molecule has 6 nitrogen and oxygen atoms in total. The molecule has 0 unspecified atom stereocenters. The van der Waals surface area contributed by atoms with Crippen LogP contribution in [0.5, 0.6) is 5.75 Å². The number of thioether (sulfide) groups is 1.